The third-order valence-electron chi connectivity index (χ3n) is 6.28. The molecule has 32 heavy (non-hydrogen) atoms. The number of anilines is 1. The highest BCUT2D eigenvalue weighted by Crippen LogP contribution is 2.44. The minimum Gasteiger partial charge on any atom is -0.358 e. The monoisotopic (exact) mass is 463 g/mol. The van der Waals surface area contributed by atoms with Crippen molar-refractivity contribution in [3.8, 4) is 0 Å². The first-order valence-electron chi connectivity index (χ1n) is 10.8. The van der Waals surface area contributed by atoms with Crippen molar-refractivity contribution < 1.29 is 0 Å². The molecule has 0 unspecified atom stereocenters. The van der Waals surface area contributed by atoms with Crippen molar-refractivity contribution >= 4 is 28.9 Å². The fourth-order valence-electron chi connectivity index (χ4n) is 4.00. The van der Waals surface area contributed by atoms with E-state index in [1.807, 2.05) is 54.6 Å². The third-order valence-corrected chi connectivity index (χ3v) is 6.75. The molecule has 0 saturated heterocycles. The van der Waals surface area contributed by atoms with Crippen molar-refractivity contribution in [2.24, 2.45) is 0 Å². The van der Waals surface area contributed by atoms with Crippen molar-refractivity contribution in [3.05, 3.63) is 124 Å². The molecule has 0 radical (unpaired) electrons. The van der Waals surface area contributed by atoms with E-state index in [4.69, 9.17) is 23.2 Å². The molecular formula is C29H31Cl2N. The number of nitrogens with one attached hydrogen (secondary N) is 1. The van der Waals surface area contributed by atoms with Crippen LogP contribution in [0.2, 0.25) is 10.0 Å². The molecule has 1 nitrogen and oxygen atoms in total. The van der Waals surface area contributed by atoms with Crippen molar-refractivity contribution in [2.75, 3.05) is 5.32 Å². The number of allylic oxidation sites excluding steroid dienone is 9. The van der Waals surface area contributed by atoms with Gasteiger partial charge in [0.2, 0.25) is 0 Å². The summed E-state index contributed by atoms with van der Waals surface area (Å²) in [7, 11) is 0. The lowest BCUT2D eigenvalue weighted by molar-refractivity contribution is 0.637. The lowest BCUT2D eigenvalue weighted by atomic mass is 9.76. The summed E-state index contributed by atoms with van der Waals surface area (Å²) in [6.45, 7) is 15.2. The average Bonchev–Trinajstić information content (AvgIpc) is 2.98. The van der Waals surface area contributed by atoms with E-state index in [1.165, 1.54) is 16.7 Å². The average molecular weight is 464 g/mol. The van der Waals surface area contributed by atoms with Gasteiger partial charge in [0, 0.05) is 32.3 Å². The molecule has 2 aromatic rings. The second-order valence-corrected chi connectivity index (χ2v) is 10.1. The number of aryl methyl sites for hydroxylation is 1. The number of benzene rings is 2. The smallest absolute Gasteiger partial charge is 0.0425 e. The standard InChI is InChI=1S/C29H31Cl2N/c1-20-14-15-22(30)18-24(20)28(3,4)21(2)12-10-8-7-9-11-13-27-29(5,6)25-19-23(31)16-17-26(25)32-27/h7-19,32H,2H2,1,3-6H3/b8-7+,11-9+,12-10+,27-13+. The van der Waals surface area contributed by atoms with Gasteiger partial charge in [-0.25, -0.2) is 0 Å². The molecule has 1 N–H and O–H groups in total. The van der Waals surface area contributed by atoms with Gasteiger partial charge in [0.05, 0.1) is 0 Å². The van der Waals surface area contributed by atoms with Crippen LogP contribution in [0.15, 0.2) is 96.8 Å². The Balaban J connectivity index is 1.63. The van der Waals surface area contributed by atoms with Gasteiger partial charge in [-0.1, -0.05) is 100.0 Å². The highest BCUT2D eigenvalue weighted by atomic mass is 35.5. The summed E-state index contributed by atoms with van der Waals surface area (Å²) >= 11 is 12.4. The van der Waals surface area contributed by atoms with Gasteiger partial charge in [0.15, 0.2) is 0 Å². The third kappa shape index (κ3) is 5.11. The molecule has 0 saturated carbocycles. The fraction of sp³-hybridized carbons (Fsp3) is 0.241. The molecule has 0 fully saturated rings. The molecule has 2 aromatic carbocycles. The minimum absolute atomic E-state index is 0.101. The molecule has 3 rings (SSSR count). The molecule has 0 amide bonds. The first kappa shape index (κ1) is 24.2. The Labute approximate surface area is 202 Å². The van der Waals surface area contributed by atoms with E-state index in [9.17, 15) is 0 Å². The quantitative estimate of drug-likeness (QED) is 0.421. The highest BCUT2D eigenvalue weighted by Gasteiger charge is 2.34. The number of hydrogen-bond acceptors (Lipinski definition) is 1. The Morgan fingerprint density at radius 2 is 1.56 bits per heavy atom. The molecule has 0 aliphatic carbocycles. The van der Waals surface area contributed by atoms with E-state index in [0.29, 0.717) is 0 Å². The van der Waals surface area contributed by atoms with Crippen molar-refractivity contribution in [1.82, 2.24) is 0 Å². The summed E-state index contributed by atoms with van der Waals surface area (Å²) in [6.07, 6.45) is 14.3. The Morgan fingerprint density at radius 1 is 0.938 bits per heavy atom. The lowest BCUT2D eigenvalue weighted by Crippen LogP contribution is -2.20. The van der Waals surface area contributed by atoms with Gasteiger partial charge >= 0.3 is 0 Å². The molecule has 1 aliphatic rings. The number of halogens is 2. The summed E-state index contributed by atoms with van der Waals surface area (Å²) in [5.74, 6) is 0. The van der Waals surface area contributed by atoms with Crippen LogP contribution < -0.4 is 5.32 Å². The zero-order valence-electron chi connectivity index (χ0n) is 19.5. The van der Waals surface area contributed by atoms with Crippen molar-refractivity contribution in [1.29, 1.82) is 0 Å². The maximum absolute atomic E-state index is 6.22. The van der Waals surface area contributed by atoms with Crippen LogP contribution in [0.5, 0.6) is 0 Å². The molecule has 166 valence electrons. The summed E-state index contributed by atoms with van der Waals surface area (Å²) < 4.78 is 0. The summed E-state index contributed by atoms with van der Waals surface area (Å²) in [4.78, 5) is 0. The number of hydrogen-bond donors (Lipinski definition) is 1. The van der Waals surface area contributed by atoms with Crippen LogP contribution in [0.25, 0.3) is 0 Å². The number of rotatable bonds is 6. The van der Waals surface area contributed by atoms with Crippen molar-refractivity contribution in [2.45, 2.75) is 45.4 Å². The maximum Gasteiger partial charge on any atom is 0.0425 e. The van der Waals surface area contributed by atoms with Gasteiger partial charge in [0.1, 0.15) is 0 Å². The van der Waals surface area contributed by atoms with E-state index in [-0.39, 0.29) is 10.8 Å². The molecule has 0 atom stereocenters. The normalized spacial score (nSPS) is 16.9. The minimum atomic E-state index is -0.197. The van der Waals surface area contributed by atoms with E-state index >= 15 is 0 Å². The Morgan fingerprint density at radius 3 is 2.31 bits per heavy atom. The highest BCUT2D eigenvalue weighted by molar-refractivity contribution is 6.31. The van der Waals surface area contributed by atoms with E-state index in [0.717, 1.165) is 27.0 Å². The van der Waals surface area contributed by atoms with Gasteiger partial charge in [0.25, 0.3) is 0 Å². The fourth-order valence-corrected chi connectivity index (χ4v) is 4.35. The zero-order valence-corrected chi connectivity index (χ0v) is 21.0. The Kier molecular flexibility index (Phi) is 7.22. The van der Waals surface area contributed by atoms with Gasteiger partial charge in [-0.2, -0.15) is 0 Å². The van der Waals surface area contributed by atoms with Crippen molar-refractivity contribution in [3.63, 3.8) is 0 Å². The predicted octanol–water partition coefficient (Wildman–Crippen LogP) is 9.09. The van der Waals surface area contributed by atoms with E-state index in [2.05, 4.69) is 70.8 Å². The molecule has 0 spiro atoms. The molecular weight excluding hydrogens is 433 g/mol. The summed E-state index contributed by atoms with van der Waals surface area (Å²) in [6, 6.07) is 12.0. The largest absolute Gasteiger partial charge is 0.358 e. The number of fused-ring (bicyclic) bond motifs is 1. The first-order valence-corrected chi connectivity index (χ1v) is 11.5. The van der Waals surface area contributed by atoms with Crippen LogP contribution in [-0.4, -0.2) is 0 Å². The van der Waals surface area contributed by atoms with Crippen LogP contribution in [0.3, 0.4) is 0 Å². The molecule has 1 aliphatic heterocycles. The Hall–Kier alpha value is -2.48. The van der Waals surface area contributed by atoms with Gasteiger partial charge in [-0.15, -0.1) is 0 Å². The predicted molar refractivity (Wildman–Crippen MR) is 142 cm³/mol. The zero-order chi connectivity index (χ0) is 23.5. The second-order valence-electron chi connectivity index (χ2n) is 9.26. The topological polar surface area (TPSA) is 12.0 Å². The Bertz CT molecular complexity index is 1140. The SMILES string of the molecule is C=C(/C=C/C=C/C=C/C=C1/Nc2ccc(Cl)cc2C1(C)C)C(C)(C)c1cc(Cl)ccc1C. The lowest BCUT2D eigenvalue weighted by Gasteiger charge is -2.28. The molecule has 3 heteroatoms. The van der Waals surface area contributed by atoms with Crippen LogP contribution in [0, 0.1) is 6.92 Å². The van der Waals surface area contributed by atoms with E-state index < -0.39 is 0 Å². The van der Waals surface area contributed by atoms with Gasteiger partial charge in [-0.3, -0.25) is 0 Å². The molecule has 0 bridgehead atoms. The van der Waals surface area contributed by atoms with Crippen LogP contribution in [0.1, 0.15) is 44.4 Å². The van der Waals surface area contributed by atoms with Crippen LogP contribution in [-0.2, 0) is 10.8 Å². The second kappa shape index (κ2) is 9.57. The van der Waals surface area contributed by atoms with E-state index in [1.54, 1.807) is 0 Å². The van der Waals surface area contributed by atoms with Crippen LogP contribution in [0.4, 0.5) is 5.69 Å². The molecule has 1 heterocycles. The molecule has 0 aromatic heterocycles. The maximum atomic E-state index is 6.22. The van der Waals surface area contributed by atoms with Gasteiger partial charge in [-0.05, 0) is 65.6 Å². The summed E-state index contributed by atoms with van der Waals surface area (Å²) in [5, 5.41) is 5.02. The summed E-state index contributed by atoms with van der Waals surface area (Å²) in [5.41, 5.74) is 6.65. The van der Waals surface area contributed by atoms with Crippen LogP contribution >= 0.6 is 23.2 Å². The van der Waals surface area contributed by atoms with Gasteiger partial charge < -0.3 is 5.32 Å². The first-order chi connectivity index (χ1) is 15.0.